The van der Waals surface area contributed by atoms with Crippen LogP contribution in [0.4, 0.5) is 10.5 Å². The van der Waals surface area contributed by atoms with Gasteiger partial charge in [0.2, 0.25) is 0 Å². The lowest BCUT2D eigenvalue weighted by Crippen LogP contribution is -2.52. The Kier molecular flexibility index (Phi) is 6.85. The van der Waals surface area contributed by atoms with Crippen LogP contribution >= 0.6 is 47.2 Å². The van der Waals surface area contributed by atoms with Gasteiger partial charge in [0, 0.05) is 15.6 Å². The number of halogens is 2. The van der Waals surface area contributed by atoms with E-state index in [0.717, 1.165) is 22.9 Å². The highest BCUT2D eigenvalue weighted by Crippen LogP contribution is 2.63. The van der Waals surface area contributed by atoms with Crippen molar-refractivity contribution in [3.63, 3.8) is 0 Å². The van der Waals surface area contributed by atoms with Crippen molar-refractivity contribution >= 4 is 74.9 Å². The van der Waals surface area contributed by atoms with Crippen LogP contribution in [0.3, 0.4) is 0 Å². The summed E-state index contributed by atoms with van der Waals surface area (Å²) in [6.45, 7) is 0.385. The van der Waals surface area contributed by atoms with E-state index >= 15 is 0 Å². The zero-order chi connectivity index (χ0) is 29.9. The number of rotatable bonds is 5. The lowest BCUT2D eigenvalue weighted by molar-refractivity contribution is -0.129. The van der Waals surface area contributed by atoms with Gasteiger partial charge in [-0.3, -0.25) is 19.3 Å². The molecule has 43 heavy (non-hydrogen) atoms. The summed E-state index contributed by atoms with van der Waals surface area (Å²) in [5.41, 5.74) is 2.08. The quantitative estimate of drug-likeness (QED) is 0.234. The maximum Gasteiger partial charge on any atom is 0.290 e. The molecule has 3 atom stereocenters. The molecular weight excluding hydrogens is 621 g/mol. The van der Waals surface area contributed by atoms with Crippen LogP contribution in [-0.2, 0) is 28.2 Å². The van der Waals surface area contributed by atoms with Gasteiger partial charge in [0.15, 0.2) is 10.3 Å². The van der Waals surface area contributed by atoms with Crippen molar-refractivity contribution in [3.05, 3.63) is 135 Å². The third kappa shape index (κ3) is 4.15. The zero-order valence-electron chi connectivity index (χ0n) is 22.5. The first kappa shape index (κ1) is 28.1. The topological polar surface area (TPSA) is 69.7 Å². The first-order valence-electron chi connectivity index (χ1n) is 13.6. The highest BCUT2D eigenvalue weighted by molar-refractivity contribution is 8.17. The second kappa shape index (κ2) is 10.5. The molecule has 3 amide bonds. The molecule has 4 aromatic rings. The Morgan fingerprint density at radius 3 is 2.02 bits per heavy atom. The monoisotopic (exact) mass is 643 g/mol. The van der Waals surface area contributed by atoms with E-state index in [1.165, 1.54) is 4.90 Å². The minimum atomic E-state index is -1.62. The second-order valence-electron chi connectivity index (χ2n) is 10.7. The van der Waals surface area contributed by atoms with Gasteiger partial charge in [0.25, 0.3) is 17.1 Å². The van der Waals surface area contributed by atoms with Crippen molar-refractivity contribution in [3.8, 4) is 0 Å². The van der Waals surface area contributed by atoms with Crippen LogP contribution in [0.5, 0.6) is 0 Å². The van der Waals surface area contributed by atoms with Gasteiger partial charge in [-0.05, 0) is 46.7 Å². The van der Waals surface area contributed by atoms with E-state index in [1.807, 2.05) is 84.9 Å². The van der Waals surface area contributed by atoms with Gasteiger partial charge in [0.1, 0.15) is 4.99 Å². The Morgan fingerprint density at radius 2 is 1.37 bits per heavy atom. The van der Waals surface area contributed by atoms with Gasteiger partial charge in [0.05, 0.1) is 24.7 Å². The van der Waals surface area contributed by atoms with Crippen LogP contribution in [0.15, 0.2) is 103 Å². The van der Waals surface area contributed by atoms with Crippen molar-refractivity contribution in [1.29, 1.82) is 0 Å². The molecule has 0 aliphatic carbocycles. The van der Waals surface area contributed by atoms with Crippen molar-refractivity contribution in [2.24, 2.45) is 0 Å². The van der Waals surface area contributed by atoms with Crippen molar-refractivity contribution in [2.45, 2.75) is 29.3 Å². The second-order valence-corrected chi connectivity index (χ2v) is 13.2. The Labute approximate surface area is 268 Å². The van der Waals surface area contributed by atoms with Crippen LogP contribution < -0.4 is 10.2 Å². The summed E-state index contributed by atoms with van der Waals surface area (Å²) in [4.78, 5) is 46.3. The van der Waals surface area contributed by atoms with Gasteiger partial charge in [-0.1, -0.05) is 120 Å². The Morgan fingerprint density at radius 1 is 0.767 bits per heavy atom. The summed E-state index contributed by atoms with van der Waals surface area (Å²) in [6, 6.07) is 31.4. The van der Waals surface area contributed by atoms with Crippen molar-refractivity contribution < 1.29 is 14.4 Å². The lowest BCUT2D eigenvalue weighted by Gasteiger charge is -2.35. The van der Waals surface area contributed by atoms with E-state index < -0.39 is 27.4 Å². The van der Waals surface area contributed by atoms with E-state index in [-0.39, 0.29) is 22.5 Å². The molecule has 2 fully saturated rings. The van der Waals surface area contributed by atoms with Crippen LogP contribution in [0, 0.1) is 0 Å². The molecule has 1 N–H and O–H groups in total. The number of fused-ring (bicyclic) bond motifs is 2. The third-order valence-electron chi connectivity index (χ3n) is 8.36. The molecule has 2 spiro atoms. The highest BCUT2D eigenvalue weighted by Gasteiger charge is 2.75. The van der Waals surface area contributed by atoms with Gasteiger partial charge in [-0.25, -0.2) is 0 Å². The van der Waals surface area contributed by atoms with Gasteiger partial charge >= 0.3 is 0 Å². The molecule has 214 valence electrons. The Balaban J connectivity index is 1.43. The number of amides is 3. The molecule has 2 saturated heterocycles. The number of hydrogen-bond acceptors (Lipinski definition) is 5. The lowest BCUT2D eigenvalue weighted by atomic mass is 9.71. The number of anilines is 1. The molecule has 0 aromatic heterocycles. The van der Waals surface area contributed by atoms with Gasteiger partial charge in [-0.15, -0.1) is 0 Å². The average Bonchev–Trinajstić information content (AvgIpc) is 3.51. The largest absolute Gasteiger partial charge is 0.360 e. The minimum Gasteiger partial charge on any atom is -0.360 e. The fourth-order valence-electron chi connectivity index (χ4n) is 6.52. The smallest absolute Gasteiger partial charge is 0.290 e. The fraction of sp³-hybridized carbons (Fsp3) is 0.152. The molecule has 0 saturated carbocycles. The molecule has 7 rings (SSSR count). The average molecular weight is 645 g/mol. The van der Waals surface area contributed by atoms with E-state index in [2.05, 4.69) is 5.32 Å². The summed E-state index contributed by atoms with van der Waals surface area (Å²) in [6.07, 6.45) is 0. The van der Waals surface area contributed by atoms with E-state index in [0.29, 0.717) is 28.4 Å². The molecule has 0 radical (unpaired) electrons. The summed E-state index contributed by atoms with van der Waals surface area (Å²) >= 11 is 20.0. The maximum atomic E-state index is 14.9. The number of carbonyl (C=O) groups excluding carboxylic acids is 3. The first-order chi connectivity index (χ1) is 20.8. The standard InChI is InChI=1S/C33H23Cl2N3O3S2/c34-22-15-16-23(25(35)17-22)27-32(24-13-7-8-14-26(24)37(29(32)39)18-20-9-3-1-4-10-20)36-28(42)33(27)30(40)38(31(41)43-33)19-21-11-5-2-6-12-21/h1-17,27H,18-19H2,(H,36,42)/t27-,32+,33-/m1/s1. The predicted molar refractivity (Wildman–Crippen MR) is 173 cm³/mol. The number of nitrogens with one attached hydrogen (secondary N) is 1. The molecule has 3 heterocycles. The number of para-hydroxylation sites is 1. The summed E-state index contributed by atoms with van der Waals surface area (Å²) in [5.74, 6) is -1.73. The maximum absolute atomic E-state index is 14.9. The number of carbonyl (C=O) groups is 3. The number of thioether (sulfide) groups is 1. The first-order valence-corrected chi connectivity index (χ1v) is 15.6. The highest BCUT2D eigenvalue weighted by atomic mass is 35.5. The Bertz CT molecular complexity index is 1820. The van der Waals surface area contributed by atoms with E-state index in [9.17, 15) is 14.4 Å². The molecule has 10 heteroatoms. The zero-order valence-corrected chi connectivity index (χ0v) is 25.6. The molecule has 0 unspecified atom stereocenters. The Hall–Kier alpha value is -3.69. The minimum absolute atomic E-state index is 0.0780. The van der Waals surface area contributed by atoms with Crippen LogP contribution in [0.25, 0.3) is 0 Å². The number of thiocarbonyl (C=S) groups is 1. The molecule has 6 nitrogen and oxygen atoms in total. The van der Waals surface area contributed by atoms with Crippen molar-refractivity contribution in [2.75, 3.05) is 4.90 Å². The number of nitrogens with zero attached hydrogens (tertiary/aromatic N) is 2. The molecule has 0 bridgehead atoms. The van der Waals surface area contributed by atoms with E-state index in [1.54, 1.807) is 23.1 Å². The molecular formula is C33H23Cl2N3O3S2. The fourth-order valence-corrected chi connectivity index (χ4v) is 8.82. The van der Waals surface area contributed by atoms with Crippen LogP contribution in [0.2, 0.25) is 10.0 Å². The van der Waals surface area contributed by atoms with Gasteiger partial charge in [-0.2, -0.15) is 0 Å². The summed E-state index contributed by atoms with van der Waals surface area (Å²) < 4.78 is -1.62. The van der Waals surface area contributed by atoms with Crippen LogP contribution in [0.1, 0.15) is 28.2 Å². The number of imide groups is 1. The predicted octanol–water partition coefficient (Wildman–Crippen LogP) is 7.08. The summed E-state index contributed by atoms with van der Waals surface area (Å²) in [7, 11) is 0. The van der Waals surface area contributed by atoms with Crippen LogP contribution in [-0.4, -0.2) is 31.7 Å². The van der Waals surface area contributed by atoms with Gasteiger partial charge < -0.3 is 10.2 Å². The van der Waals surface area contributed by atoms with Crippen molar-refractivity contribution in [1.82, 2.24) is 10.2 Å². The molecule has 3 aliphatic heterocycles. The molecule has 3 aliphatic rings. The summed E-state index contributed by atoms with van der Waals surface area (Å²) in [5, 5.41) is 3.58. The number of benzene rings is 4. The SMILES string of the molecule is O=C1S[C@@]2(C(=O)N1Cc1ccccc1)C(=S)N[C@]1(C(=O)N(Cc3ccccc3)c3ccccc31)[C@H]2c1ccc(Cl)cc1Cl. The third-order valence-corrected chi connectivity index (χ3v) is 10.8. The molecule has 4 aromatic carbocycles. The number of hydrogen-bond donors (Lipinski definition) is 1. The normalized spacial score (nSPS) is 24.4. The van der Waals surface area contributed by atoms with E-state index in [4.69, 9.17) is 35.4 Å².